The number of imidazole rings is 1. The Kier molecular flexibility index (Phi) is 8.20. The summed E-state index contributed by atoms with van der Waals surface area (Å²) in [6.45, 7) is 16.5. The first-order valence-electron chi connectivity index (χ1n) is 24.3. The molecule has 6 heterocycles. The maximum Gasteiger partial charge on any atom is 0.365 e. The number of rotatable bonds is 5. The molecular weight excluding hydrogens is 866 g/mol. The van der Waals surface area contributed by atoms with Crippen molar-refractivity contribution in [2.45, 2.75) is 64.8 Å². The standard InChI is InChI=1S/C62H50FN3O2Si/c1-35(2)46-29-39(37-15-9-8-10-16-37)30-47(36(3)4)58(46)65-59-42-18-12-11-17-38(42)21-27-53(59)66-61(65)57-50(62(66)51-31-40(63)22-24-45(51)52-28-23-41(34-64(52)62)69(5,6)7)26-25-44-49-33-55-48(32-56(49)68-60(44)57)43-19-13-14-20-54(43)67-55/h8-36H,1-7H3/q+2. The van der Waals surface area contributed by atoms with Crippen LogP contribution in [0.2, 0.25) is 19.6 Å². The highest BCUT2D eigenvalue weighted by Gasteiger charge is 2.67. The number of benzene rings is 8. The molecule has 1 atom stereocenters. The molecule has 4 aromatic heterocycles. The summed E-state index contributed by atoms with van der Waals surface area (Å²) in [7, 11) is -1.89. The van der Waals surface area contributed by atoms with Gasteiger partial charge in [0.05, 0.1) is 24.8 Å². The van der Waals surface area contributed by atoms with Crippen LogP contribution in [0, 0.1) is 5.82 Å². The van der Waals surface area contributed by atoms with Gasteiger partial charge < -0.3 is 8.83 Å². The number of aromatic nitrogens is 3. The van der Waals surface area contributed by atoms with Gasteiger partial charge in [-0.25, -0.2) is 4.39 Å². The molecule has 0 saturated heterocycles. The number of nitrogens with zero attached hydrogens (tertiary/aromatic N) is 3. The Balaban J connectivity index is 1.24. The van der Waals surface area contributed by atoms with Gasteiger partial charge in [-0.05, 0) is 107 Å². The predicted octanol–water partition coefficient (Wildman–Crippen LogP) is 15.0. The average molecular weight is 916 g/mol. The number of fused-ring (bicyclic) bond motifs is 21. The summed E-state index contributed by atoms with van der Waals surface area (Å²) in [4.78, 5) is 0. The van der Waals surface area contributed by atoms with Crippen LogP contribution in [0.4, 0.5) is 4.39 Å². The largest absolute Gasteiger partial charge is 0.456 e. The van der Waals surface area contributed by atoms with Crippen LogP contribution < -0.4 is 14.3 Å². The van der Waals surface area contributed by atoms with Gasteiger partial charge in [-0.15, -0.1) is 9.13 Å². The zero-order valence-electron chi connectivity index (χ0n) is 39.8. The van der Waals surface area contributed by atoms with Gasteiger partial charge in [0.2, 0.25) is 5.69 Å². The van der Waals surface area contributed by atoms with Crippen molar-refractivity contribution in [3.05, 3.63) is 192 Å². The first-order chi connectivity index (χ1) is 33.4. The maximum atomic E-state index is 16.5. The minimum Gasteiger partial charge on any atom is -0.456 e. The second kappa shape index (κ2) is 14.0. The quantitative estimate of drug-likeness (QED) is 0.127. The van der Waals surface area contributed by atoms with Crippen LogP contribution in [0.3, 0.4) is 0 Å². The number of para-hydroxylation sites is 1. The molecule has 0 saturated carbocycles. The van der Waals surface area contributed by atoms with Gasteiger partial charge in [-0.3, -0.25) is 0 Å². The van der Waals surface area contributed by atoms with Gasteiger partial charge in [-0.2, -0.15) is 4.57 Å². The van der Waals surface area contributed by atoms with Crippen LogP contribution >= 0.6 is 0 Å². The second-order valence-corrected chi connectivity index (χ2v) is 26.1. The summed E-state index contributed by atoms with van der Waals surface area (Å²) >= 11 is 0. The van der Waals surface area contributed by atoms with Crippen LogP contribution in [0.15, 0.2) is 173 Å². The Bertz CT molecular complexity index is 4180. The molecule has 2 aliphatic heterocycles. The van der Waals surface area contributed by atoms with E-state index in [9.17, 15) is 0 Å². The topological polar surface area (TPSA) is 39.0 Å². The van der Waals surface area contributed by atoms with Crippen LogP contribution in [0.5, 0.6) is 0 Å². The lowest BCUT2D eigenvalue weighted by Crippen LogP contribution is -2.72. The van der Waals surface area contributed by atoms with E-state index in [-0.39, 0.29) is 17.7 Å². The molecule has 5 nitrogen and oxygen atoms in total. The lowest BCUT2D eigenvalue weighted by atomic mass is 9.87. The van der Waals surface area contributed by atoms with Gasteiger partial charge >= 0.3 is 11.5 Å². The van der Waals surface area contributed by atoms with E-state index in [0.29, 0.717) is 0 Å². The molecule has 0 bridgehead atoms. The smallest absolute Gasteiger partial charge is 0.365 e. The molecule has 334 valence electrons. The van der Waals surface area contributed by atoms with E-state index in [2.05, 4.69) is 195 Å². The van der Waals surface area contributed by atoms with Crippen molar-refractivity contribution < 1.29 is 22.4 Å². The van der Waals surface area contributed by atoms with Gasteiger partial charge in [0.15, 0.2) is 22.8 Å². The molecule has 1 unspecified atom stereocenters. The summed E-state index contributed by atoms with van der Waals surface area (Å²) in [6, 6.07) is 56.0. The first-order valence-corrected chi connectivity index (χ1v) is 27.8. The van der Waals surface area contributed by atoms with Crippen LogP contribution in [-0.2, 0) is 5.66 Å². The maximum absolute atomic E-state index is 16.5. The minimum absolute atomic E-state index is 0.159. The van der Waals surface area contributed by atoms with Gasteiger partial charge in [-0.1, -0.05) is 120 Å². The van der Waals surface area contributed by atoms with Gasteiger partial charge in [0, 0.05) is 49.3 Å². The van der Waals surface area contributed by atoms with E-state index in [1.54, 1.807) is 12.1 Å². The summed E-state index contributed by atoms with van der Waals surface area (Å²) in [6.07, 6.45) is 2.39. The van der Waals surface area contributed by atoms with Crippen molar-refractivity contribution >= 4 is 78.9 Å². The third-order valence-electron chi connectivity index (χ3n) is 15.4. The fourth-order valence-electron chi connectivity index (χ4n) is 12.1. The molecule has 69 heavy (non-hydrogen) atoms. The molecular formula is C62H50FN3O2Si+2. The minimum atomic E-state index is -1.89. The average Bonchev–Trinajstić information content (AvgIpc) is 4.14. The van der Waals surface area contributed by atoms with E-state index >= 15 is 4.39 Å². The van der Waals surface area contributed by atoms with Gasteiger partial charge in [0.1, 0.15) is 33.8 Å². The number of furan rings is 2. The molecule has 12 aromatic rings. The Morgan fingerprint density at radius 1 is 0.580 bits per heavy atom. The van der Waals surface area contributed by atoms with Crippen LogP contribution in [0.25, 0.3) is 105 Å². The van der Waals surface area contributed by atoms with E-state index in [1.807, 2.05) is 18.2 Å². The third kappa shape index (κ3) is 5.34. The molecule has 14 rings (SSSR count). The summed E-state index contributed by atoms with van der Waals surface area (Å²) < 4.78 is 38.0. The lowest BCUT2D eigenvalue weighted by molar-refractivity contribution is -0.944. The Labute approximate surface area is 400 Å². The molecule has 0 N–H and O–H groups in total. The zero-order chi connectivity index (χ0) is 46.8. The Hall–Kier alpha value is -7.61. The van der Waals surface area contributed by atoms with E-state index < -0.39 is 13.7 Å². The van der Waals surface area contributed by atoms with E-state index in [1.165, 1.54) is 33.1 Å². The van der Waals surface area contributed by atoms with Crippen molar-refractivity contribution in [3.8, 4) is 39.5 Å². The molecule has 0 aliphatic carbocycles. The first kappa shape index (κ1) is 40.5. The highest BCUT2D eigenvalue weighted by molar-refractivity contribution is 6.88. The van der Waals surface area contributed by atoms with Crippen molar-refractivity contribution in [1.29, 1.82) is 0 Å². The summed E-state index contributed by atoms with van der Waals surface area (Å²) in [5.41, 5.74) is 15.5. The highest BCUT2D eigenvalue weighted by Crippen LogP contribution is 2.54. The fourth-order valence-corrected chi connectivity index (χ4v) is 13.2. The molecule has 8 aromatic carbocycles. The van der Waals surface area contributed by atoms with E-state index in [4.69, 9.17) is 8.83 Å². The number of pyridine rings is 1. The summed E-state index contributed by atoms with van der Waals surface area (Å²) in [5, 5.41) is 7.69. The molecule has 7 heteroatoms. The van der Waals surface area contributed by atoms with E-state index in [0.717, 1.165) is 99.5 Å². The Morgan fingerprint density at radius 3 is 2.03 bits per heavy atom. The van der Waals surface area contributed by atoms with Crippen molar-refractivity contribution in [1.82, 2.24) is 4.57 Å². The fraction of sp³-hybridized carbons (Fsp3) is 0.161. The molecule has 1 spiro atoms. The van der Waals surface area contributed by atoms with Crippen molar-refractivity contribution in [2.75, 3.05) is 0 Å². The van der Waals surface area contributed by atoms with Crippen molar-refractivity contribution in [2.24, 2.45) is 0 Å². The Morgan fingerprint density at radius 2 is 1.28 bits per heavy atom. The van der Waals surface area contributed by atoms with Gasteiger partial charge in [0.25, 0.3) is 0 Å². The highest BCUT2D eigenvalue weighted by atomic mass is 28.3. The van der Waals surface area contributed by atoms with Crippen LogP contribution in [-0.4, -0.2) is 12.6 Å². The molecule has 0 fully saturated rings. The second-order valence-electron chi connectivity index (χ2n) is 21.0. The SMILES string of the molecule is CC(C)c1cc(-c2ccccc2)cc(C(C)C)c1-n1c2[n+](c3ccc4ccccc4c31)C1(c3cc(F)ccc3-c3ccc([Si](C)(C)C)c[n+]31)c1ccc3c(oc4cc5c(cc43)oc3ccccc35)c1-2. The normalized spacial score (nSPS) is 15.3. The zero-order valence-corrected chi connectivity index (χ0v) is 40.8. The molecule has 2 aliphatic rings. The lowest BCUT2D eigenvalue weighted by Gasteiger charge is -2.22. The van der Waals surface area contributed by atoms with Crippen molar-refractivity contribution in [3.63, 3.8) is 0 Å². The molecule has 0 radical (unpaired) electrons. The number of hydrogen-bond donors (Lipinski definition) is 0. The third-order valence-corrected chi connectivity index (χ3v) is 17.4. The monoisotopic (exact) mass is 915 g/mol. The molecule has 0 amide bonds. The predicted molar refractivity (Wildman–Crippen MR) is 281 cm³/mol. The number of hydrogen-bond acceptors (Lipinski definition) is 2. The number of halogens is 1. The van der Waals surface area contributed by atoms with Crippen LogP contribution in [0.1, 0.15) is 61.8 Å². The summed E-state index contributed by atoms with van der Waals surface area (Å²) in [5.74, 6) is 1.05.